The number of carbonyl (C=O) groups excluding carboxylic acids is 2. The molecule has 0 aliphatic heterocycles. The summed E-state index contributed by atoms with van der Waals surface area (Å²) in [5.74, 6) is -0.0986. The average molecular weight is 397 g/mol. The fourth-order valence-corrected chi connectivity index (χ4v) is 3.82. The molecule has 0 spiro atoms. The minimum Gasteiger partial charge on any atom is -0.444 e. The Hall–Kier alpha value is -1.79. The normalized spacial score (nSPS) is 22.4. The van der Waals surface area contributed by atoms with Gasteiger partial charge in [-0.3, -0.25) is 9.63 Å². The van der Waals surface area contributed by atoms with Crippen molar-refractivity contribution in [2.45, 2.75) is 58.1 Å². The molecule has 1 aromatic carbocycles. The van der Waals surface area contributed by atoms with Crippen molar-refractivity contribution in [1.29, 1.82) is 0 Å². The van der Waals surface area contributed by atoms with Gasteiger partial charge >= 0.3 is 6.09 Å². The lowest BCUT2D eigenvalue weighted by Gasteiger charge is -2.32. The monoisotopic (exact) mass is 396 g/mol. The van der Waals surface area contributed by atoms with Crippen molar-refractivity contribution in [3.63, 3.8) is 0 Å². The summed E-state index contributed by atoms with van der Waals surface area (Å²) in [6.07, 6.45) is 1.94. The highest BCUT2D eigenvalue weighted by atomic mass is 35.5. The highest BCUT2D eigenvalue weighted by Gasteiger charge is 2.47. The third-order valence-electron chi connectivity index (χ3n) is 4.77. The number of nitrogens with one attached hydrogen (secondary N) is 1. The first-order valence-corrected chi connectivity index (χ1v) is 9.49. The molecule has 0 unspecified atom stereocenters. The van der Waals surface area contributed by atoms with Gasteiger partial charge in [0.2, 0.25) is 0 Å². The third kappa shape index (κ3) is 5.84. The summed E-state index contributed by atoms with van der Waals surface area (Å²) in [6, 6.07) is 7.39. The zero-order valence-electron chi connectivity index (χ0n) is 16.7. The Labute approximate surface area is 166 Å². The van der Waals surface area contributed by atoms with E-state index in [1.165, 1.54) is 12.2 Å². The maximum atomic E-state index is 13.1. The Bertz CT molecular complexity index is 689. The van der Waals surface area contributed by atoms with Crippen LogP contribution in [0.5, 0.6) is 0 Å². The fraction of sp³-hybridized carbons (Fsp3) is 0.600. The van der Waals surface area contributed by atoms with Gasteiger partial charge in [0.1, 0.15) is 5.60 Å². The van der Waals surface area contributed by atoms with Crippen LogP contribution in [0.1, 0.15) is 45.6 Å². The molecule has 0 bridgehead atoms. The number of nitrogens with zero attached hydrogens (tertiary/aromatic N) is 1. The van der Waals surface area contributed by atoms with Crippen LogP contribution in [-0.4, -0.2) is 42.9 Å². The molecule has 1 N–H and O–H groups in total. The minimum absolute atomic E-state index is 0.0986. The number of carbonyl (C=O) groups is 2. The number of hydrogen-bond acceptors (Lipinski definition) is 4. The molecular weight excluding hydrogens is 368 g/mol. The van der Waals surface area contributed by atoms with Crippen LogP contribution in [0.2, 0.25) is 5.02 Å². The molecule has 0 heterocycles. The molecule has 1 saturated carbocycles. The lowest BCUT2D eigenvalue weighted by atomic mass is 9.78. The molecule has 1 aliphatic carbocycles. The summed E-state index contributed by atoms with van der Waals surface area (Å²) in [6.45, 7) is 5.46. The largest absolute Gasteiger partial charge is 0.444 e. The van der Waals surface area contributed by atoms with Crippen LogP contribution in [0.15, 0.2) is 24.3 Å². The van der Waals surface area contributed by atoms with Crippen LogP contribution in [0.25, 0.3) is 0 Å². The van der Waals surface area contributed by atoms with Gasteiger partial charge in [0.05, 0.1) is 12.5 Å². The second-order valence-electron chi connectivity index (χ2n) is 8.16. The lowest BCUT2D eigenvalue weighted by Crippen LogP contribution is -2.44. The van der Waals surface area contributed by atoms with E-state index >= 15 is 0 Å². The van der Waals surface area contributed by atoms with E-state index in [9.17, 15) is 9.59 Å². The van der Waals surface area contributed by atoms with E-state index in [1.54, 1.807) is 7.05 Å². The van der Waals surface area contributed by atoms with E-state index in [0.717, 1.165) is 5.56 Å². The molecule has 1 fully saturated rings. The number of hydroxylamine groups is 2. The molecule has 27 heavy (non-hydrogen) atoms. The number of benzene rings is 1. The fourth-order valence-electron chi connectivity index (χ4n) is 3.61. The number of amides is 2. The Morgan fingerprint density at radius 3 is 2.67 bits per heavy atom. The van der Waals surface area contributed by atoms with Gasteiger partial charge in [0.25, 0.3) is 5.91 Å². The summed E-state index contributed by atoms with van der Waals surface area (Å²) < 4.78 is 5.34. The van der Waals surface area contributed by atoms with Gasteiger partial charge in [-0.1, -0.05) is 23.7 Å². The van der Waals surface area contributed by atoms with Crippen molar-refractivity contribution in [3.05, 3.63) is 34.9 Å². The van der Waals surface area contributed by atoms with Crippen molar-refractivity contribution < 1.29 is 19.2 Å². The van der Waals surface area contributed by atoms with Gasteiger partial charge < -0.3 is 10.1 Å². The molecule has 0 radical (unpaired) electrons. The molecule has 150 valence electrons. The smallest absolute Gasteiger partial charge is 0.407 e. The van der Waals surface area contributed by atoms with Gasteiger partial charge in [0.15, 0.2) is 0 Å². The van der Waals surface area contributed by atoms with Crippen molar-refractivity contribution in [2.24, 2.45) is 5.41 Å². The molecule has 2 rings (SSSR count). The van der Waals surface area contributed by atoms with Gasteiger partial charge in [0, 0.05) is 18.1 Å². The van der Waals surface area contributed by atoms with Crippen LogP contribution in [0, 0.1) is 5.41 Å². The number of rotatable bonds is 5. The van der Waals surface area contributed by atoms with Gasteiger partial charge in [-0.2, -0.15) is 0 Å². The molecule has 7 heteroatoms. The van der Waals surface area contributed by atoms with E-state index in [1.807, 2.05) is 45.0 Å². The Kier molecular flexibility index (Phi) is 6.76. The van der Waals surface area contributed by atoms with Gasteiger partial charge in [-0.15, -0.1) is 0 Å². The van der Waals surface area contributed by atoms with Gasteiger partial charge in [-0.25, -0.2) is 9.86 Å². The first-order chi connectivity index (χ1) is 12.5. The summed E-state index contributed by atoms with van der Waals surface area (Å²) in [7, 11) is 3.08. The quantitative estimate of drug-likeness (QED) is 0.765. The van der Waals surface area contributed by atoms with Crippen LogP contribution in [0.3, 0.4) is 0 Å². The Morgan fingerprint density at radius 2 is 2.07 bits per heavy atom. The molecule has 2 atom stereocenters. The minimum atomic E-state index is -0.658. The van der Waals surface area contributed by atoms with E-state index in [2.05, 4.69) is 5.32 Å². The average Bonchev–Trinajstić information content (AvgIpc) is 2.95. The van der Waals surface area contributed by atoms with E-state index in [0.29, 0.717) is 30.7 Å². The molecule has 1 aliphatic rings. The van der Waals surface area contributed by atoms with Crippen molar-refractivity contribution in [1.82, 2.24) is 10.4 Å². The highest BCUT2D eigenvalue weighted by molar-refractivity contribution is 6.30. The first-order valence-electron chi connectivity index (χ1n) is 9.11. The van der Waals surface area contributed by atoms with Crippen LogP contribution in [-0.2, 0) is 20.8 Å². The van der Waals surface area contributed by atoms with Crippen molar-refractivity contribution >= 4 is 23.6 Å². The second-order valence-corrected chi connectivity index (χ2v) is 8.59. The van der Waals surface area contributed by atoms with E-state index in [-0.39, 0.29) is 11.9 Å². The Morgan fingerprint density at radius 1 is 1.37 bits per heavy atom. The lowest BCUT2D eigenvalue weighted by molar-refractivity contribution is -0.180. The topological polar surface area (TPSA) is 67.9 Å². The zero-order chi connectivity index (χ0) is 20.2. The number of alkyl carbamates (subject to hydrolysis) is 1. The maximum Gasteiger partial charge on any atom is 0.407 e. The number of hydrogen-bond donors (Lipinski definition) is 1. The molecule has 0 aromatic heterocycles. The highest BCUT2D eigenvalue weighted by Crippen LogP contribution is 2.43. The standard InChI is InChI=1S/C20H29ClN2O4/c1-19(2,3)27-18(25)22-16-9-10-20(13-16,17(24)23(4)26-5)12-14-7-6-8-15(21)11-14/h6-8,11,16H,9-10,12-13H2,1-5H3,(H,22,25)/t16-,20+/m0/s1. The zero-order valence-corrected chi connectivity index (χ0v) is 17.4. The SMILES string of the molecule is CON(C)C(=O)[C@@]1(Cc2cccc(Cl)c2)CC[C@H](NC(=O)OC(C)(C)C)C1. The second kappa shape index (κ2) is 8.48. The van der Waals surface area contributed by atoms with Crippen molar-refractivity contribution in [3.8, 4) is 0 Å². The molecule has 1 aromatic rings. The molecule has 2 amide bonds. The predicted molar refractivity (Wildman–Crippen MR) is 104 cm³/mol. The van der Waals surface area contributed by atoms with E-state index < -0.39 is 17.1 Å². The summed E-state index contributed by atoms with van der Waals surface area (Å²) >= 11 is 6.11. The van der Waals surface area contributed by atoms with Crippen LogP contribution < -0.4 is 5.32 Å². The molecule has 6 nitrogen and oxygen atoms in total. The van der Waals surface area contributed by atoms with Crippen LogP contribution in [0.4, 0.5) is 4.79 Å². The van der Waals surface area contributed by atoms with Crippen LogP contribution >= 0.6 is 11.6 Å². The Balaban J connectivity index is 2.17. The van der Waals surface area contributed by atoms with E-state index in [4.69, 9.17) is 21.2 Å². The number of halogens is 1. The molecule has 0 saturated heterocycles. The maximum absolute atomic E-state index is 13.1. The summed E-state index contributed by atoms with van der Waals surface area (Å²) in [5.41, 5.74) is -0.236. The number of ether oxygens (including phenoxy) is 1. The first kappa shape index (κ1) is 21.5. The van der Waals surface area contributed by atoms with Gasteiger partial charge in [-0.05, 0) is 64.2 Å². The summed E-state index contributed by atoms with van der Waals surface area (Å²) in [4.78, 5) is 30.3. The summed E-state index contributed by atoms with van der Waals surface area (Å²) in [5, 5.41) is 4.80. The third-order valence-corrected chi connectivity index (χ3v) is 5.01. The molecular formula is C20H29ClN2O4. The predicted octanol–water partition coefficient (Wildman–Crippen LogP) is 3.97. The van der Waals surface area contributed by atoms with Crippen molar-refractivity contribution in [2.75, 3.05) is 14.2 Å².